The second kappa shape index (κ2) is 7.84. The van der Waals surface area contributed by atoms with Crippen molar-refractivity contribution in [2.24, 2.45) is 5.92 Å². The first-order valence-corrected chi connectivity index (χ1v) is 10.5. The summed E-state index contributed by atoms with van der Waals surface area (Å²) in [5, 5.41) is 2.67. The van der Waals surface area contributed by atoms with E-state index in [-0.39, 0.29) is 22.0 Å². The smallest absolute Gasteiger partial charge is 0.337 e. The fourth-order valence-corrected chi connectivity index (χ4v) is 4.97. The Hall–Kier alpha value is -2.91. The molecule has 1 aliphatic rings. The van der Waals surface area contributed by atoms with Crippen LogP contribution in [0.4, 0.5) is 11.4 Å². The quantitative estimate of drug-likeness (QED) is 0.738. The highest BCUT2D eigenvalue weighted by atomic mass is 35.5. The second-order valence-corrected chi connectivity index (χ2v) is 8.74. The Balaban J connectivity index is 1.87. The Labute approximate surface area is 172 Å². The van der Waals surface area contributed by atoms with Crippen LogP contribution in [0, 0.1) is 5.92 Å². The van der Waals surface area contributed by atoms with Crippen LogP contribution in [-0.2, 0) is 19.6 Å². The topological polar surface area (TPSA) is 110 Å². The highest BCUT2D eigenvalue weighted by molar-refractivity contribution is 7.94. The fraction of sp³-hybridized carbons (Fsp3) is 0.211. The van der Waals surface area contributed by atoms with Crippen LogP contribution in [0.15, 0.2) is 42.5 Å². The largest absolute Gasteiger partial charge is 0.465 e. The van der Waals surface area contributed by atoms with E-state index in [1.54, 1.807) is 0 Å². The van der Waals surface area contributed by atoms with Gasteiger partial charge >= 0.3 is 5.97 Å². The SMILES string of the molecule is COC(=O)c1ccc(NC(=O)c2ccc(Cl)c(N3C(=O)C(C)CS3(=O)=O)c2)cc1. The van der Waals surface area contributed by atoms with E-state index in [1.807, 2.05) is 0 Å². The molecule has 0 aliphatic carbocycles. The maximum Gasteiger partial charge on any atom is 0.337 e. The Morgan fingerprint density at radius 2 is 1.76 bits per heavy atom. The monoisotopic (exact) mass is 436 g/mol. The number of amides is 2. The number of anilines is 2. The average molecular weight is 437 g/mol. The number of nitrogens with one attached hydrogen (secondary N) is 1. The Bertz CT molecular complexity index is 1100. The molecular formula is C19H17ClN2O6S. The summed E-state index contributed by atoms with van der Waals surface area (Å²) in [5.74, 6) is -2.64. The van der Waals surface area contributed by atoms with Crippen LogP contribution in [0.2, 0.25) is 5.02 Å². The number of methoxy groups -OCH3 is 1. The first-order valence-electron chi connectivity index (χ1n) is 8.50. The van der Waals surface area contributed by atoms with Crippen molar-refractivity contribution >= 4 is 50.8 Å². The zero-order chi connectivity index (χ0) is 21.3. The normalized spacial score (nSPS) is 17.8. The standard InChI is InChI=1S/C19H17ClN2O6S/c1-11-10-29(26,27)22(18(11)24)16-9-13(5-8-15(16)20)17(23)21-14-6-3-12(4-7-14)19(25)28-2/h3-9,11H,10H2,1-2H3,(H,21,23). The van der Waals surface area contributed by atoms with Crippen molar-refractivity contribution in [1.29, 1.82) is 0 Å². The van der Waals surface area contributed by atoms with E-state index in [1.165, 1.54) is 56.5 Å². The summed E-state index contributed by atoms with van der Waals surface area (Å²) in [4.78, 5) is 36.3. The van der Waals surface area contributed by atoms with E-state index < -0.39 is 33.7 Å². The summed E-state index contributed by atoms with van der Waals surface area (Å²) in [6.45, 7) is 1.52. The molecule has 2 aromatic carbocycles. The van der Waals surface area contributed by atoms with Gasteiger partial charge < -0.3 is 10.1 Å². The lowest BCUT2D eigenvalue weighted by Gasteiger charge is -2.17. The lowest BCUT2D eigenvalue weighted by Crippen LogP contribution is -2.30. The number of sulfonamides is 1. The molecule has 0 bridgehead atoms. The predicted molar refractivity (Wildman–Crippen MR) is 108 cm³/mol. The van der Waals surface area contributed by atoms with E-state index in [4.69, 9.17) is 11.6 Å². The van der Waals surface area contributed by atoms with E-state index in [2.05, 4.69) is 10.1 Å². The molecule has 1 atom stereocenters. The van der Waals surface area contributed by atoms with E-state index in [9.17, 15) is 22.8 Å². The number of rotatable bonds is 4. The number of nitrogens with zero attached hydrogens (tertiary/aromatic N) is 1. The highest BCUT2D eigenvalue weighted by Gasteiger charge is 2.43. The zero-order valence-electron chi connectivity index (χ0n) is 15.5. The molecule has 10 heteroatoms. The Morgan fingerprint density at radius 3 is 2.31 bits per heavy atom. The zero-order valence-corrected chi connectivity index (χ0v) is 17.1. The molecule has 1 aliphatic heterocycles. The van der Waals surface area contributed by atoms with Gasteiger partial charge in [0.1, 0.15) is 0 Å². The van der Waals surface area contributed by atoms with Crippen molar-refractivity contribution < 1.29 is 27.5 Å². The highest BCUT2D eigenvalue weighted by Crippen LogP contribution is 2.34. The van der Waals surface area contributed by atoms with Crippen molar-refractivity contribution in [2.75, 3.05) is 22.5 Å². The Kier molecular flexibility index (Phi) is 5.63. The van der Waals surface area contributed by atoms with Gasteiger partial charge in [-0.05, 0) is 42.5 Å². The summed E-state index contributed by atoms with van der Waals surface area (Å²) in [6.07, 6.45) is 0. The van der Waals surface area contributed by atoms with E-state index in [0.717, 1.165) is 0 Å². The number of carbonyl (C=O) groups is 3. The lowest BCUT2D eigenvalue weighted by atomic mass is 10.1. The number of esters is 1. The Morgan fingerprint density at radius 1 is 1.14 bits per heavy atom. The third-order valence-electron chi connectivity index (χ3n) is 4.35. The minimum Gasteiger partial charge on any atom is -0.465 e. The van der Waals surface area contributed by atoms with E-state index in [0.29, 0.717) is 15.6 Å². The van der Waals surface area contributed by atoms with Gasteiger partial charge in [-0.3, -0.25) is 9.59 Å². The van der Waals surface area contributed by atoms with Crippen molar-refractivity contribution in [3.63, 3.8) is 0 Å². The molecule has 0 spiro atoms. The van der Waals surface area contributed by atoms with Crippen LogP contribution in [0.5, 0.6) is 0 Å². The van der Waals surface area contributed by atoms with Gasteiger partial charge in [-0.25, -0.2) is 17.5 Å². The number of hydrogen-bond donors (Lipinski definition) is 1. The van der Waals surface area contributed by atoms with Gasteiger partial charge in [-0.15, -0.1) is 0 Å². The summed E-state index contributed by atoms with van der Waals surface area (Å²) in [5.41, 5.74) is 0.794. The lowest BCUT2D eigenvalue weighted by molar-refractivity contribution is -0.119. The molecule has 152 valence electrons. The fourth-order valence-electron chi connectivity index (χ4n) is 2.89. The number of ether oxygens (including phenoxy) is 1. The minimum absolute atomic E-state index is 0.0370. The number of halogens is 1. The molecule has 1 N–H and O–H groups in total. The van der Waals surface area contributed by atoms with Gasteiger partial charge in [0.05, 0.1) is 35.1 Å². The minimum atomic E-state index is -3.85. The van der Waals surface area contributed by atoms with Gasteiger partial charge in [0.15, 0.2) is 0 Å². The first-order chi connectivity index (χ1) is 13.6. The summed E-state index contributed by atoms with van der Waals surface area (Å²) < 4.78 is 29.9. The molecule has 1 unspecified atom stereocenters. The average Bonchev–Trinajstić information content (AvgIpc) is 2.89. The molecule has 0 radical (unpaired) electrons. The molecule has 0 aromatic heterocycles. The van der Waals surface area contributed by atoms with Crippen molar-refractivity contribution in [2.45, 2.75) is 6.92 Å². The van der Waals surface area contributed by atoms with Crippen LogP contribution >= 0.6 is 11.6 Å². The van der Waals surface area contributed by atoms with Crippen molar-refractivity contribution in [3.05, 3.63) is 58.6 Å². The number of hydrogen-bond acceptors (Lipinski definition) is 6. The second-order valence-electron chi connectivity index (χ2n) is 6.47. The summed E-state index contributed by atoms with van der Waals surface area (Å²) >= 11 is 6.11. The van der Waals surface area contributed by atoms with Crippen molar-refractivity contribution in [3.8, 4) is 0 Å². The van der Waals surface area contributed by atoms with Crippen LogP contribution in [0.1, 0.15) is 27.6 Å². The third-order valence-corrected chi connectivity index (χ3v) is 6.53. The molecule has 2 aromatic rings. The molecule has 1 heterocycles. The van der Waals surface area contributed by atoms with Gasteiger partial charge in [-0.1, -0.05) is 18.5 Å². The molecule has 29 heavy (non-hydrogen) atoms. The maximum atomic E-state index is 12.6. The first kappa shape index (κ1) is 20.8. The molecule has 1 fully saturated rings. The van der Waals surface area contributed by atoms with Crippen LogP contribution in [0.25, 0.3) is 0 Å². The number of benzene rings is 2. The summed E-state index contributed by atoms with van der Waals surface area (Å²) in [6, 6.07) is 10.1. The van der Waals surface area contributed by atoms with Gasteiger partial charge in [0.25, 0.3) is 5.91 Å². The molecular weight excluding hydrogens is 420 g/mol. The summed E-state index contributed by atoms with van der Waals surface area (Å²) in [7, 11) is -2.59. The predicted octanol–water partition coefficient (Wildman–Crippen LogP) is 2.69. The van der Waals surface area contributed by atoms with Crippen molar-refractivity contribution in [1.82, 2.24) is 0 Å². The maximum absolute atomic E-state index is 12.6. The molecule has 1 saturated heterocycles. The van der Waals surface area contributed by atoms with Crippen LogP contribution < -0.4 is 9.62 Å². The van der Waals surface area contributed by atoms with Gasteiger partial charge in [-0.2, -0.15) is 0 Å². The molecule has 3 rings (SSSR count). The molecule has 8 nitrogen and oxygen atoms in total. The third kappa shape index (κ3) is 4.10. The van der Waals surface area contributed by atoms with Crippen LogP contribution in [0.3, 0.4) is 0 Å². The van der Waals surface area contributed by atoms with Gasteiger partial charge in [0, 0.05) is 11.3 Å². The molecule has 2 amide bonds. The van der Waals surface area contributed by atoms with E-state index >= 15 is 0 Å². The molecule has 0 saturated carbocycles. The number of carbonyl (C=O) groups excluding carboxylic acids is 3. The van der Waals surface area contributed by atoms with Crippen LogP contribution in [-0.4, -0.2) is 39.1 Å². The van der Waals surface area contributed by atoms with Gasteiger partial charge in [0.2, 0.25) is 15.9 Å².